The van der Waals surface area contributed by atoms with E-state index in [1.165, 1.54) is 23.9 Å². The maximum atomic E-state index is 14.9. The molecule has 182 valence electrons. The van der Waals surface area contributed by atoms with Gasteiger partial charge in [0.05, 0.1) is 5.69 Å². The molecule has 0 aliphatic carbocycles. The Labute approximate surface area is 201 Å². The summed E-state index contributed by atoms with van der Waals surface area (Å²) in [6.07, 6.45) is -4.35. The van der Waals surface area contributed by atoms with Crippen molar-refractivity contribution in [2.45, 2.75) is 36.2 Å². The molecule has 1 atom stereocenters. The average molecular weight is 505 g/mol. The number of hydrogen-bond acceptors (Lipinski definition) is 5. The van der Waals surface area contributed by atoms with E-state index in [0.717, 1.165) is 28.1 Å². The van der Waals surface area contributed by atoms with Gasteiger partial charge in [-0.25, -0.2) is 9.07 Å². The van der Waals surface area contributed by atoms with Crippen LogP contribution in [0.25, 0.3) is 11.3 Å². The molecule has 3 heterocycles. The topological polar surface area (TPSA) is 74.6 Å². The molecule has 0 fully saturated rings. The minimum Gasteiger partial charge on any atom is -0.502 e. The van der Waals surface area contributed by atoms with Gasteiger partial charge in [-0.3, -0.25) is 9.59 Å². The normalized spacial score (nSPS) is 16.0. The zero-order valence-electron chi connectivity index (χ0n) is 18.3. The van der Waals surface area contributed by atoms with Crippen LogP contribution < -0.4 is 10.9 Å². The number of nitrogens with zero attached hydrogens (tertiary/aromatic N) is 2. The number of thioether (sulfide) groups is 1. The van der Waals surface area contributed by atoms with Crippen LogP contribution in [-0.4, -0.2) is 39.5 Å². The van der Waals surface area contributed by atoms with E-state index in [0.29, 0.717) is 33.8 Å². The molecule has 11 heteroatoms. The minimum absolute atomic E-state index is 0.149. The van der Waals surface area contributed by atoms with Crippen LogP contribution in [0.5, 0.6) is 5.75 Å². The molecule has 0 radical (unpaired) electrons. The Morgan fingerprint density at radius 3 is 2.60 bits per heavy atom. The summed E-state index contributed by atoms with van der Waals surface area (Å²) in [4.78, 5) is 27.2. The van der Waals surface area contributed by atoms with E-state index in [1.807, 2.05) is 24.3 Å². The first-order valence-electron chi connectivity index (χ1n) is 10.7. The maximum absolute atomic E-state index is 14.9. The van der Waals surface area contributed by atoms with E-state index < -0.39 is 47.5 Å². The summed E-state index contributed by atoms with van der Waals surface area (Å²) in [5, 5.41) is 10.4. The van der Waals surface area contributed by atoms with Crippen molar-refractivity contribution in [3.05, 3.63) is 80.9 Å². The number of pyridine rings is 1. The van der Waals surface area contributed by atoms with Gasteiger partial charge in [0.1, 0.15) is 18.5 Å². The highest BCUT2D eigenvalue weighted by Crippen LogP contribution is 2.40. The van der Waals surface area contributed by atoms with Gasteiger partial charge in [-0.1, -0.05) is 18.2 Å². The second kappa shape index (κ2) is 8.33. The molecule has 0 spiro atoms. The predicted molar refractivity (Wildman–Crippen MR) is 122 cm³/mol. The Kier molecular flexibility index (Phi) is 5.54. The fraction of sp³-hybridized carbons (Fsp3) is 0.250. The van der Waals surface area contributed by atoms with Gasteiger partial charge in [-0.05, 0) is 42.7 Å². The van der Waals surface area contributed by atoms with Gasteiger partial charge in [0.2, 0.25) is 5.43 Å². The number of fused-ring (bicyclic) bond motifs is 3. The Bertz CT molecular complexity index is 1420. The van der Waals surface area contributed by atoms with E-state index >= 15 is 0 Å². The highest BCUT2D eigenvalue weighted by Gasteiger charge is 2.45. The highest BCUT2D eigenvalue weighted by molar-refractivity contribution is 7.98. The van der Waals surface area contributed by atoms with Gasteiger partial charge in [0.25, 0.3) is 5.91 Å². The summed E-state index contributed by atoms with van der Waals surface area (Å²) in [6, 6.07) is 9.30. The summed E-state index contributed by atoms with van der Waals surface area (Å²) in [6.45, 7) is 0.313. The number of aromatic nitrogens is 1. The van der Waals surface area contributed by atoms with Crippen LogP contribution in [0.2, 0.25) is 0 Å². The molecule has 0 bridgehead atoms. The number of nitrogens with one attached hydrogen (secondary N) is 1. The third kappa shape index (κ3) is 3.83. The monoisotopic (exact) mass is 505 g/mol. The summed E-state index contributed by atoms with van der Waals surface area (Å²) in [5.74, 6) is -2.18. The minimum atomic E-state index is -4.70. The van der Waals surface area contributed by atoms with Crippen molar-refractivity contribution in [2.24, 2.45) is 0 Å². The van der Waals surface area contributed by atoms with E-state index in [2.05, 4.69) is 5.43 Å². The standard InChI is InChI=1S/C24H19F4N3O3S/c1-12(24(26,27)28)30-11-29-31-18(9-19(32)22(33)21(31)23(30)34)14-6-7-17(25)16-10-35-20-5-3-2-4-13(20)8-15(14)16/h2-7,9,12,29,33H,8,10-11H2,1H3/t12-/m0/s1. The molecular weight excluding hydrogens is 486 g/mol. The van der Waals surface area contributed by atoms with Crippen LogP contribution in [0.15, 0.2) is 52.2 Å². The lowest BCUT2D eigenvalue weighted by Gasteiger charge is -2.37. The zero-order valence-corrected chi connectivity index (χ0v) is 19.1. The largest absolute Gasteiger partial charge is 0.502 e. The third-order valence-electron chi connectivity index (χ3n) is 6.36. The van der Waals surface area contributed by atoms with Gasteiger partial charge in [0, 0.05) is 27.8 Å². The smallest absolute Gasteiger partial charge is 0.408 e. The average Bonchev–Trinajstić information content (AvgIpc) is 3.01. The molecule has 6 nitrogen and oxygen atoms in total. The molecule has 2 aliphatic heterocycles. The highest BCUT2D eigenvalue weighted by atomic mass is 32.2. The number of carbonyl (C=O) groups excluding carboxylic acids is 1. The summed E-state index contributed by atoms with van der Waals surface area (Å²) >= 11 is 1.48. The zero-order chi connectivity index (χ0) is 25.1. The van der Waals surface area contributed by atoms with E-state index in [9.17, 15) is 32.3 Å². The van der Waals surface area contributed by atoms with Gasteiger partial charge < -0.3 is 15.4 Å². The lowest BCUT2D eigenvalue weighted by atomic mass is 9.92. The first-order valence-corrected chi connectivity index (χ1v) is 11.7. The van der Waals surface area contributed by atoms with Crippen LogP contribution in [-0.2, 0) is 12.2 Å². The summed E-state index contributed by atoms with van der Waals surface area (Å²) in [5.41, 5.74) is 3.77. The number of rotatable bonds is 2. The van der Waals surface area contributed by atoms with E-state index in [1.54, 1.807) is 0 Å². The first-order chi connectivity index (χ1) is 16.6. The Morgan fingerprint density at radius 1 is 1.11 bits per heavy atom. The second-order valence-electron chi connectivity index (χ2n) is 8.36. The molecule has 0 unspecified atom stereocenters. The molecule has 1 aromatic heterocycles. The molecular formula is C24H19F4N3O3S. The van der Waals surface area contributed by atoms with Crippen molar-refractivity contribution in [3.63, 3.8) is 0 Å². The molecule has 2 aliphatic rings. The van der Waals surface area contributed by atoms with Gasteiger partial charge in [0.15, 0.2) is 11.4 Å². The Hall–Kier alpha value is -3.47. The lowest BCUT2D eigenvalue weighted by molar-refractivity contribution is -0.172. The summed E-state index contributed by atoms with van der Waals surface area (Å²) < 4.78 is 55.9. The Morgan fingerprint density at radius 2 is 1.86 bits per heavy atom. The number of halogens is 4. The lowest BCUT2D eigenvalue weighted by Crippen LogP contribution is -2.54. The maximum Gasteiger partial charge on any atom is 0.408 e. The van der Waals surface area contributed by atoms with Crippen LogP contribution in [0.1, 0.15) is 34.1 Å². The first kappa shape index (κ1) is 23.3. The molecule has 35 heavy (non-hydrogen) atoms. The predicted octanol–water partition coefficient (Wildman–Crippen LogP) is 4.46. The summed E-state index contributed by atoms with van der Waals surface area (Å²) in [7, 11) is 0. The SMILES string of the molecule is C[C@H](N1CNn2c(-c3ccc(F)c4c3Cc3ccccc3SC4)cc(=O)c(O)c2C1=O)C(F)(F)F. The van der Waals surface area contributed by atoms with Crippen molar-refractivity contribution in [2.75, 3.05) is 12.1 Å². The molecule has 0 saturated carbocycles. The molecule has 2 aromatic carbocycles. The van der Waals surface area contributed by atoms with Crippen molar-refractivity contribution in [1.29, 1.82) is 0 Å². The molecule has 1 amide bonds. The molecule has 0 saturated heterocycles. The van der Waals surface area contributed by atoms with Crippen LogP contribution >= 0.6 is 11.8 Å². The van der Waals surface area contributed by atoms with Gasteiger partial charge in [-0.15, -0.1) is 11.8 Å². The van der Waals surface area contributed by atoms with Crippen LogP contribution in [0.3, 0.4) is 0 Å². The molecule has 3 aromatic rings. The Balaban J connectivity index is 1.69. The fourth-order valence-electron chi connectivity index (χ4n) is 4.40. The van der Waals surface area contributed by atoms with Crippen molar-refractivity contribution < 1.29 is 27.5 Å². The number of benzene rings is 2. The fourth-order valence-corrected chi connectivity index (χ4v) is 5.51. The molecule has 5 rings (SSSR count). The third-order valence-corrected chi connectivity index (χ3v) is 7.50. The number of carbonyl (C=O) groups is 1. The quantitative estimate of drug-likeness (QED) is 0.503. The van der Waals surface area contributed by atoms with E-state index in [-0.39, 0.29) is 5.69 Å². The number of alkyl halides is 3. The number of hydrogen-bond donors (Lipinski definition) is 2. The second-order valence-corrected chi connectivity index (χ2v) is 9.38. The van der Waals surface area contributed by atoms with E-state index in [4.69, 9.17) is 0 Å². The van der Waals surface area contributed by atoms with Gasteiger partial charge >= 0.3 is 6.18 Å². The van der Waals surface area contributed by atoms with Crippen molar-refractivity contribution in [1.82, 2.24) is 9.58 Å². The molecule has 2 N–H and O–H groups in total. The van der Waals surface area contributed by atoms with Crippen LogP contribution in [0.4, 0.5) is 17.6 Å². The van der Waals surface area contributed by atoms with Crippen molar-refractivity contribution in [3.8, 4) is 17.0 Å². The van der Waals surface area contributed by atoms with Gasteiger partial charge in [-0.2, -0.15) is 13.2 Å². The van der Waals surface area contributed by atoms with Crippen molar-refractivity contribution >= 4 is 17.7 Å². The number of aromatic hydroxyl groups is 1. The van der Waals surface area contributed by atoms with Crippen LogP contribution in [0, 0.1) is 5.82 Å². The number of amides is 1.